The highest BCUT2D eigenvalue weighted by molar-refractivity contribution is 6.30. The lowest BCUT2D eigenvalue weighted by Crippen LogP contribution is -2.50. The summed E-state index contributed by atoms with van der Waals surface area (Å²) < 4.78 is 5.59. The van der Waals surface area contributed by atoms with Crippen LogP contribution in [0, 0.1) is 0 Å². The highest BCUT2D eigenvalue weighted by Crippen LogP contribution is 2.18. The van der Waals surface area contributed by atoms with Gasteiger partial charge in [-0.25, -0.2) is 10.9 Å². The van der Waals surface area contributed by atoms with Crippen LogP contribution in [0.2, 0.25) is 5.02 Å². The van der Waals surface area contributed by atoms with E-state index in [0.717, 1.165) is 17.0 Å². The van der Waals surface area contributed by atoms with E-state index in [0.29, 0.717) is 18.2 Å². The van der Waals surface area contributed by atoms with Crippen LogP contribution in [-0.4, -0.2) is 24.7 Å². The van der Waals surface area contributed by atoms with Crippen molar-refractivity contribution in [2.75, 3.05) is 11.9 Å². The first-order valence-corrected chi connectivity index (χ1v) is 8.81. The van der Waals surface area contributed by atoms with Gasteiger partial charge in [0.2, 0.25) is 5.91 Å². The van der Waals surface area contributed by atoms with Crippen LogP contribution in [0.1, 0.15) is 12.5 Å². The molecule has 2 aromatic carbocycles. The molecule has 2 atom stereocenters. The first-order chi connectivity index (χ1) is 12.7. The fourth-order valence-electron chi connectivity index (χ4n) is 2.66. The number of benzene rings is 2. The Morgan fingerprint density at radius 3 is 2.69 bits per heavy atom. The topological polar surface area (TPSA) is 86.5 Å². The van der Waals surface area contributed by atoms with E-state index in [1.165, 1.54) is 0 Å². The Hall–Kier alpha value is -2.32. The molecule has 1 amide bonds. The molecule has 0 radical (unpaired) electrons. The number of nitrogens with one attached hydrogen (secondary N) is 5. The van der Waals surface area contributed by atoms with Gasteiger partial charge in [-0.1, -0.05) is 29.8 Å². The Morgan fingerprint density at radius 2 is 1.92 bits per heavy atom. The molecule has 3 rings (SSSR count). The van der Waals surface area contributed by atoms with Gasteiger partial charge in [-0.05, 0) is 37.3 Å². The number of para-hydroxylation sites is 1. The van der Waals surface area contributed by atoms with Crippen molar-refractivity contribution in [3.8, 4) is 5.75 Å². The van der Waals surface area contributed by atoms with Gasteiger partial charge in [0.1, 0.15) is 18.0 Å². The lowest BCUT2D eigenvalue weighted by atomic mass is 10.1. The zero-order chi connectivity index (χ0) is 18.4. The standard InChI is InChI=1S/C18H22ClN5O2/c1-2-26-15-6-4-3-5-12(15)11-20-18(25)16-17(23-24-22-16)21-14-9-7-13(19)8-10-14/h3-10,16-17,21-24H,2,11H2,1H3,(H,20,25). The van der Waals surface area contributed by atoms with Gasteiger partial charge in [-0.2, -0.15) is 5.53 Å². The molecular formula is C18H22ClN5O2. The van der Waals surface area contributed by atoms with Crippen LogP contribution in [0.5, 0.6) is 5.75 Å². The second-order valence-electron chi connectivity index (χ2n) is 5.78. The monoisotopic (exact) mass is 375 g/mol. The third-order valence-corrected chi connectivity index (χ3v) is 4.22. The second-order valence-corrected chi connectivity index (χ2v) is 6.22. The normalized spacial score (nSPS) is 19.2. The first kappa shape index (κ1) is 18.5. The van der Waals surface area contributed by atoms with Gasteiger partial charge in [0.15, 0.2) is 0 Å². The summed E-state index contributed by atoms with van der Waals surface area (Å²) in [5, 5.41) is 6.85. The number of hydrazine groups is 2. The lowest BCUT2D eigenvalue weighted by Gasteiger charge is -2.20. The Labute approximate surface area is 157 Å². The van der Waals surface area contributed by atoms with Crippen LogP contribution in [0.15, 0.2) is 48.5 Å². The predicted molar refractivity (Wildman–Crippen MR) is 102 cm³/mol. The first-order valence-electron chi connectivity index (χ1n) is 8.44. The van der Waals surface area contributed by atoms with E-state index in [9.17, 15) is 4.79 Å². The van der Waals surface area contributed by atoms with E-state index in [1.807, 2.05) is 43.3 Å². The number of rotatable bonds is 7. The van der Waals surface area contributed by atoms with Gasteiger partial charge in [0.25, 0.3) is 0 Å². The maximum Gasteiger partial charge on any atom is 0.242 e. The highest BCUT2D eigenvalue weighted by Gasteiger charge is 2.32. The maximum atomic E-state index is 12.6. The molecule has 1 fully saturated rings. The molecule has 0 saturated carbocycles. The summed E-state index contributed by atoms with van der Waals surface area (Å²) in [4.78, 5) is 12.6. The summed E-state index contributed by atoms with van der Waals surface area (Å²) >= 11 is 5.90. The fourth-order valence-corrected chi connectivity index (χ4v) is 2.79. The molecule has 2 aromatic rings. The van der Waals surface area contributed by atoms with E-state index in [2.05, 4.69) is 27.0 Å². The summed E-state index contributed by atoms with van der Waals surface area (Å²) in [6.07, 6.45) is -0.321. The predicted octanol–water partition coefficient (Wildman–Crippen LogP) is 1.77. The summed E-state index contributed by atoms with van der Waals surface area (Å²) in [6.45, 7) is 2.90. The van der Waals surface area contributed by atoms with Gasteiger partial charge in [-0.3, -0.25) is 4.79 Å². The van der Waals surface area contributed by atoms with Crippen LogP contribution >= 0.6 is 11.6 Å². The zero-order valence-electron chi connectivity index (χ0n) is 14.4. The molecule has 1 aliphatic heterocycles. The lowest BCUT2D eigenvalue weighted by molar-refractivity contribution is -0.123. The van der Waals surface area contributed by atoms with Gasteiger partial charge >= 0.3 is 0 Å². The fraction of sp³-hybridized carbons (Fsp3) is 0.278. The Bertz CT molecular complexity index is 741. The number of anilines is 1. The molecular weight excluding hydrogens is 354 g/mol. The van der Waals surface area contributed by atoms with Gasteiger partial charge in [0, 0.05) is 22.8 Å². The van der Waals surface area contributed by atoms with Crippen molar-refractivity contribution in [1.29, 1.82) is 0 Å². The Balaban J connectivity index is 1.59. The number of halogens is 1. The van der Waals surface area contributed by atoms with Crippen molar-refractivity contribution in [3.05, 3.63) is 59.1 Å². The third kappa shape index (κ3) is 4.64. The minimum Gasteiger partial charge on any atom is -0.494 e. The SMILES string of the molecule is CCOc1ccccc1CNC(=O)C1NNNC1Nc1ccc(Cl)cc1. The van der Waals surface area contributed by atoms with Crippen molar-refractivity contribution in [2.45, 2.75) is 25.7 Å². The largest absolute Gasteiger partial charge is 0.494 e. The van der Waals surface area contributed by atoms with E-state index in [-0.39, 0.29) is 12.1 Å². The molecule has 1 aliphatic rings. The molecule has 0 aromatic heterocycles. The number of carbonyl (C=O) groups is 1. The number of amides is 1. The molecule has 8 heteroatoms. The molecule has 5 N–H and O–H groups in total. The quantitative estimate of drug-likeness (QED) is 0.507. The van der Waals surface area contributed by atoms with Gasteiger partial charge in [-0.15, -0.1) is 0 Å². The number of ether oxygens (including phenoxy) is 1. The molecule has 0 spiro atoms. The zero-order valence-corrected chi connectivity index (χ0v) is 15.1. The average Bonchev–Trinajstić information content (AvgIpc) is 3.11. The Kier molecular flexibility index (Phi) is 6.30. The van der Waals surface area contributed by atoms with Crippen LogP contribution in [0.3, 0.4) is 0 Å². The van der Waals surface area contributed by atoms with Crippen LogP contribution < -0.4 is 31.8 Å². The summed E-state index contributed by atoms with van der Waals surface area (Å²) in [5.74, 6) is 0.641. The number of hydrogen-bond donors (Lipinski definition) is 5. The van der Waals surface area contributed by atoms with E-state index in [4.69, 9.17) is 16.3 Å². The molecule has 1 heterocycles. The molecule has 0 bridgehead atoms. The molecule has 0 aliphatic carbocycles. The molecule has 2 unspecified atom stereocenters. The van der Waals surface area contributed by atoms with E-state index in [1.54, 1.807) is 12.1 Å². The highest BCUT2D eigenvalue weighted by atomic mass is 35.5. The molecule has 26 heavy (non-hydrogen) atoms. The summed E-state index contributed by atoms with van der Waals surface area (Å²) in [5.41, 5.74) is 10.5. The van der Waals surface area contributed by atoms with E-state index < -0.39 is 6.04 Å². The summed E-state index contributed by atoms with van der Waals surface area (Å²) in [7, 11) is 0. The van der Waals surface area contributed by atoms with Crippen molar-refractivity contribution < 1.29 is 9.53 Å². The van der Waals surface area contributed by atoms with Crippen LogP contribution in [0.25, 0.3) is 0 Å². The minimum absolute atomic E-state index is 0.139. The van der Waals surface area contributed by atoms with Crippen molar-refractivity contribution >= 4 is 23.2 Å². The molecule has 138 valence electrons. The summed E-state index contributed by atoms with van der Waals surface area (Å²) in [6, 6.07) is 14.5. The maximum absolute atomic E-state index is 12.6. The number of hydrogen-bond acceptors (Lipinski definition) is 6. The average molecular weight is 376 g/mol. The van der Waals surface area contributed by atoms with Gasteiger partial charge < -0.3 is 15.4 Å². The van der Waals surface area contributed by atoms with E-state index >= 15 is 0 Å². The van der Waals surface area contributed by atoms with Crippen molar-refractivity contribution in [3.63, 3.8) is 0 Å². The number of carbonyl (C=O) groups excluding carboxylic acids is 1. The third-order valence-electron chi connectivity index (χ3n) is 3.96. The minimum atomic E-state index is -0.495. The van der Waals surface area contributed by atoms with Crippen molar-refractivity contribution in [1.82, 2.24) is 21.7 Å². The van der Waals surface area contributed by atoms with Crippen LogP contribution in [0.4, 0.5) is 5.69 Å². The smallest absolute Gasteiger partial charge is 0.242 e. The molecule has 1 saturated heterocycles. The Morgan fingerprint density at radius 1 is 1.15 bits per heavy atom. The van der Waals surface area contributed by atoms with Crippen molar-refractivity contribution in [2.24, 2.45) is 0 Å². The van der Waals surface area contributed by atoms with Crippen LogP contribution in [-0.2, 0) is 11.3 Å². The molecule has 7 nitrogen and oxygen atoms in total. The van der Waals surface area contributed by atoms with Gasteiger partial charge in [0.05, 0.1) is 6.61 Å². The second kappa shape index (κ2) is 8.86.